The van der Waals surface area contributed by atoms with Crippen molar-refractivity contribution < 1.29 is 32.3 Å². The van der Waals surface area contributed by atoms with Crippen LogP contribution >= 0.6 is 11.3 Å². The molecule has 41 heavy (non-hydrogen) atoms. The molecule has 1 N–H and O–H groups in total. The number of anilines is 1. The van der Waals surface area contributed by atoms with Gasteiger partial charge in [-0.05, 0) is 31.9 Å². The molecule has 3 heterocycles. The third-order valence-corrected chi connectivity index (χ3v) is 10.5. The molecule has 3 aliphatic rings. The van der Waals surface area contributed by atoms with Crippen molar-refractivity contribution in [2.75, 3.05) is 51.9 Å². The number of hydrogen-bond donors (Lipinski definition) is 1. The number of amides is 2. The smallest absolute Gasteiger partial charge is 0.280 e. The summed E-state index contributed by atoms with van der Waals surface area (Å²) >= 11 is 1.36. The molecule has 2 amide bonds. The topological polar surface area (TPSA) is 140 Å². The number of carbonyl (C=O) groups is 2. The van der Waals surface area contributed by atoms with Gasteiger partial charge in [0.15, 0.2) is 26.8 Å². The molecule has 0 bridgehead atoms. The molecule has 1 aliphatic carbocycles. The number of hydrogen-bond acceptors (Lipinski definition) is 11. The summed E-state index contributed by atoms with van der Waals surface area (Å²) < 4.78 is 35.5. The lowest BCUT2D eigenvalue weighted by Gasteiger charge is -2.39. The Bertz CT molecular complexity index is 1370. The van der Waals surface area contributed by atoms with Gasteiger partial charge in [-0.25, -0.2) is 13.4 Å². The average Bonchev–Trinajstić information content (AvgIpc) is 3.54. The van der Waals surface area contributed by atoms with Crippen LogP contribution in [-0.2, 0) is 40.3 Å². The third kappa shape index (κ3) is 7.30. The summed E-state index contributed by atoms with van der Waals surface area (Å²) in [6.07, 6.45) is 3.49. The normalized spacial score (nSPS) is 22.1. The number of carbonyl (C=O) groups excluding carboxylic acids is 2. The second kappa shape index (κ2) is 12.9. The minimum Gasteiger partial charge on any atom is -0.389 e. The molecular weight excluding hydrogens is 570 g/mol. The number of nitrogens with zero attached hydrogens (tertiary/aromatic N) is 4. The Kier molecular flexibility index (Phi) is 9.34. The van der Waals surface area contributed by atoms with Crippen LogP contribution in [0.3, 0.4) is 0 Å². The van der Waals surface area contributed by atoms with E-state index in [1.807, 2.05) is 4.90 Å². The van der Waals surface area contributed by atoms with E-state index in [1.165, 1.54) is 30.6 Å². The van der Waals surface area contributed by atoms with Crippen LogP contribution in [0.15, 0.2) is 40.5 Å². The number of rotatable bonds is 11. The number of benzene rings is 1. The Balaban J connectivity index is 1.25. The van der Waals surface area contributed by atoms with Crippen molar-refractivity contribution in [2.24, 2.45) is 5.16 Å². The van der Waals surface area contributed by atoms with Crippen LogP contribution in [0.25, 0.3) is 0 Å². The Morgan fingerprint density at radius 1 is 1.20 bits per heavy atom. The van der Waals surface area contributed by atoms with Gasteiger partial charge < -0.3 is 19.2 Å². The van der Waals surface area contributed by atoms with Gasteiger partial charge in [-0.15, -0.1) is 11.3 Å². The largest absolute Gasteiger partial charge is 0.389 e. The van der Waals surface area contributed by atoms with Crippen molar-refractivity contribution in [1.82, 2.24) is 14.8 Å². The molecule has 0 radical (unpaired) electrons. The number of thiazole rings is 1. The second-order valence-electron chi connectivity index (χ2n) is 10.5. The van der Waals surface area contributed by atoms with E-state index in [1.54, 1.807) is 18.3 Å². The number of aromatic nitrogens is 1. The summed E-state index contributed by atoms with van der Waals surface area (Å²) in [5.41, 5.74) is 0.456. The van der Waals surface area contributed by atoms with Crippen LogP contribution in [0, 0.1) is 0 Å². The lowest BCUT2D eigenvalue weighted by Crippen LogP contribution is -2.53. The summed E-state index contributed by atoms with van der Waals surface area (Å²) in [6.45, 7) is 5.73. The molecule has 1 aromatic carbocycles. The molecule has 3 fully saturated rings. The molecule has 1 saturated carbocycles. The molecular formula is C27H35N5O7S2. The fourth-order valence-corrected chi connectivity index (χ4v) is 7.28. The number of nitrogens with one attached hydrogen (secondary N) is 1. The maximum atomic E-state index is 13.4. The van der Waals surface area contributed by atoms with Crippen molar-refractivity contribution in [2.45, 2.75) is 55.0 Å². The zero-order valence-corrected chi connectivity index (χ0v) is 24.8. The molecule has 2 aromatic rings. The van der Waals surface area contributed by atoms with Crippen molar-refractivity contribution in [3.8, 4) is 0 Å². The highest BCUT2D eigenvalue weighted by molar-refractivity contribution is 7.92. The summed E-state index contributed by atoms with van der Waals surface area (Å²) in [5.74, 6) is -0.524. The zero-order chi connectivity index (χ0) is 29.0. The highest BCUT2D eigenvalue weighted by Gasteiger charge is 2.37. The SMILES string of the molecule is COCC(=O)N1CCN(Cc2cnc(NC(=O)C(=NO[C@@H]3CCOC3)c3ccc(S(=O)(=O)C4CC4)cc3)s2)[C@H](C)C1. The standard InChI is InChI=1S/C27H35N5O7S2/c1-18-14-32(24(33)17-37-2)11-10-31(18)15-21-13-28-27(40-21)29-26(34)25(30-39-20-9-12-38-16-20)19-3-5-22(6-4-19)41(35,36)23-7-8-23/h3-6,13,18,20,23H,7-12,14-17H2,1-2H3,(H,28,29,34)/t18-,20-/m1/s1. The molecule has 2 saturated heterocycles. The minimum atomic E-state index is -3.35. The van der Waals surface area contributed by atoms with Crippen molar-refractivity contribution in [1.29, 1.82) is 0 Å². The lowest BCUT2D eigenvalue weighted by atomic mass is 10.1. The summed E-state index contributed by atoms with van der Waals surface area (Å²) in [4.78, 5) is 40.8. The number of sulfone groups is 1. The molecule has 2 atom stereocenters. The zero-order valence-electron chi connectivity index (χ0n) is 23.2. The summed E-state index contributed by atoms with van der Waals surface area (Å²) in [7, 11) is -1.84. The highest BCUT2D eigenvalue weighted by Crippen LogP contribution is 2.33. The van der Waals surface area contributed by atoms with Crippen molar-refractivity contribution in [3.63, 3.8) is 0 Å². The first-order valence-electron chi connectivity index (χ1n) is 13.7. The molecule has 222 valence electrons. The van der Waals surface area contributed by atoms with Gasteiger partial charge in [0.2, 0.25) is 5.91 Å². The molecule has 14 heteroatoms. The Morgan fingerprint density at radius 3 is 2.63 bits per heavy atom. The van der Waals surface area contributed by atoms with E-state index in [0.29, 0.717) is 62.8 Å². The van der Waals surface area contributed by atoms with Crippen LogP contribution in [0.4, 0.5) is 5.13 Å². The molecule has 2 aliphatic heterocycles. The van der Waals surface area contributed by atoms with Crippen LogP contribution in [-0.4, -0.2) is 105 Å². The molecule has 0 spiro atoms. The van der Waals surface area contributed by atoms with Crippen LogP contribution < -0.4 is 5.32 Å². The van der Waals surface area contributed by atoms with E-state index in [-0.39, 0.29) is 40.5 Å². The summed E-state index contributed by atoms with van der Waals surface area (Å²) in [6, 6.07) is 6.33. The van der Waals surface area contributed by atoms with Crippen LogP contribution in [0.2, 0.25) is 0 Å². The fourth-order valence-electron chi connectivity index (χ4n) is 4.79. The number of oxime groups is 1. The predicted molar refractivity (Wildman–Crippen MR) is 153 cm³/mol. The maximum absolute atomic E-state index is 13.4. The maximum Gasteiger partial charge on any atom is 0.280 e. The monoisotopic (exact) mass is 605 g/mol. The molecule has 5 rings (SSSR count). The second-order valence-corrected chi connectivity index (χ2v) is 13.8. The Labute approximate surface area is 243 Å². The van der Waals surface area contributed by atoms with Crippen molar-refractivity contribution >= 4 is 43.8 Å². The van der Waals surface area contributed by atoms with Gasteiger partial charge in [-0.3, -0.25) is 19.8 Å². The first kappa shape index (κ1) is 29.6. The summed E-state index contributed by atoms with van der Waals surface area (Å²) in [5, 5.41) is 7.07. The van der Waals surface area contributed by atoms with Gasteiger partial charge in [0, 0.05) is 62.4 Å². The van der Waals surface area contributed by atoms with Crippen molar-refractivity contribution in [3.05, 3.63) is 40.9 Å². The number of piperazine rings is 1. The average molecular weight is 606 g/mol. The van der Waals surface area contributed by atoms with E-state index in [0.717, 1.165) is 11.4 Å². The minimum absolute atomic E-state index is 0.0112. The molecule has 1 aromatic heterocycles. The number of methoxy groups -OCH3 is 1. The van der Waals surface area contributed by atoms with Gasteiger partial charge >= 0.3 is 0 Å². The van der Waals surface area contributed by atoms with E-state index >= 15 is 0 Å². The molecule has 12 nitrogen and oxygen atoms in total. The van der Waals surface area contributed by atoms with Crippen LogP contribution in [0.5, 0.6) is 0 Å². The van der Waals surface area contributed by atoms with Gasteiger partial charge in [-0.1, -0.05) is 17.3 Å². The first-order chi connectivity index (χ1) is 19.7. The van der Waals surface area contributed by atoms with Gasteiger partial charge in [0.05, 0.1) is 23.4 Å². The Morgan fingerprint density at radius 2 is 1.98 bits per heavy atom. The van der Waals surface area contributed by atoms with E-state index in [9.17, 15) is 18.0 Å². The lowest BCUT2D eigenvalue weighted by molar-refractivity contribution is -0.138. The first-order valence-corrected chi connectivity index (χ1v) is 16.0. The fraction of sp³-hybridized carbons (Fsp3) is 0.556. The highest BCUT2D eigenvalue weighted by atomic mass is 32.2. The predicted octanol–water partition coefficient (Wildman–Crippen LogP) is 1.91. The van der Waals surface area contributed by atoms with E-state index < -0.39 is 15.7 Å². The Hall–Kier alpha value is -2.91. The van der Waals surface area contributed by atoms with Crippen LogP contribution in [0.1, 0.15) is 36.6 Å². The van der Waals surface area contributed by atoms with Gasteiger partial charge in [0.25, 0.3) is 5.91 Å². The van der Waals surface area contributed by atoms with Gasteiger partial charge in [0.1, 0.15) is 6.61 Å². The molecule has 0 unspecified atom stereocenters. The third-order valence-electron chi connectivity index (χ3n) is 7.33. The van der Waals surface area contributed by atoms with E-state index in [2.05, 4.69) is 27.3 Å². The van der Waals surface area contributed by atoms with Gasteiger partial charge in [-0.2, -0.15) is 0 Å². The quantitative estimate of drug-likeness (QED) is 0.301. The van der Waals surface area contributed by atoms with E-state index in [4.69, 9.17) is 14.3 Å². The number of ether oxygens (including phenoxy) is 2.